The SMILES string of the molecule is CS(=O)(=O)c1ccc(O[C@H]2CC[C@H](OC3CCN(C#N)CC3)CC2)cc1. The molecule has 0 atom stereocenters. The number of hydrogen-bond donors (Lipinski definition) is 0. The van der Waals surface area contributed by atoms with Crippen molar-refractivity contribution in [1.29, 1.82) is 5.26 Å². The highest BCUT2D eigenvalue weighted by molar-refractivity contribution is 7.90. The van der Waals surface area contributed by atoms with E-state index in [2.05, 4.69) is 6.19 Å². The summed E-state index contributed by atoms with van der Waals surface area (Å²) in [6.07, 6.45) is 9.79. The van der Waals surface area contributed by atoms with Crippen molar-refractivity contribution >= 4 is 9.84 Å². The summed E-state index contributed by atoms with van der Waals surface area (Å²) in [4.78, 5) is 2.10. The van der Waals surface area contributed by atoms with Crippen molar-refractivity contribution in [3.63, 3.8) is 0 Å². The molecule has 7 heteroatoms. The van der Waals surface area contributed by atoms with E-state index in [1.807, 2.05) is 0 Å². The average Bonchev–Trinajstić information content (AvgIpc) is 2.64. The van der Waals surface area contributed by atoms with Gasteiger partial charge in [0.05, 0.1) is 23.2 Å². The van der Waals surface area contributed by atoms with E-state index in [0.29, 0.717) is 10.6 Å². The summed E-state index contributed by atoms with van der Waals surface area (Å²) in [5, 5.41) is 8.90. The first-order valence-corrected chi connectivity index (χ1v) is 11.1. The van der Waals surface area contributed by atoms with Crippen LogP contribution in [-0.4, -0.2) is 51.0 Å². The summed E-state index contributed by atoms with van der Waals surface area (Å²) in [6, 6.07) is 6.63. The van der Waals surface area contributed by atoms with E-state index in [-0.39, 0.29) is 18.3 Å². The van der Waals surface area contributed by atoms with Crippen LogP contribution in [0.15, 0.2) is 29.2 Å². The van der Waals surface area contributed by atoms with E-state index in [4.69, 9.17) is 14.7 Å². The summed E-state index contributed by atoms with van der Waals surface area (Å²) >= 11 is 0. The lowest BCUT2D eigenvalue weighted by Gasteiger charge is -2.34. The molecule has 1 aromatic rings. The fourth-order valence-corrected chi connectivity index (χ4v) is 4.24. The third-order valence-corrected chi connectivity index (χ3v) is 6.27. The van der Waals surface area contributed by atoms with Crippen molar-refractivity contribution in [2.24, 2.45) is 0 Å². The Hall–Kier alpha value is -1.78. The molecule has 2 fully saturated rings. The summed E-state index contributed by atoms with van der Waals surface area (Å²) in [6.45, 7) is 1.59. The molecular weight excluding hydrogens is 352 g/mol. The fraction of sp³-hybridized carbons (Fsp3) is 0.632. The van der Waals surface area contributed by atoms with E-state index >= 15 is 0 Å². The number of rotatable bonds is 5. The van der Waals surface area contributed by atoms with Gasteiger partial charge in [-0.15, -0.1) is 0 Å². The van der Waals surface area contributed by atoms with Gasteiger partial charge in [0.15, 0.2) is 16.0 Å². The largest absolute Gasteiger partial charge is 0.490 e. The van der Waals surface area contributed by atoms with E-state index in [0.717, 1.165) is 51.6 Å². The van der Waals surface area contributed by atoms with E-state index in [1.54, 1.807) is 29.2 Å². The minimum absolute atomic E-state index is 0.152. The third kappa shape index (κ3) is 5.12. The smallest absolute Gasteiger partial charge is 0.179 e. The van der Waals surface area contributed by atoms with Crippen molar-refractivity contribution < 1.29 is 17.9 Å². The first-order valence-electron chi connectivity index (χ1n) is 9.21. The Balaban J connectivity index is 1.42. The molecule has 1 saturated carbocycles. The number of nitriles is 1. The molecule has 0 spiro atoms. The number of benzene rings is 1. The van der Waals surface area contributed by atoms with Gasteiger partial charge in [-0.3, -0.25) is 0 Å². The van der Waals surface area contributed by atoms with Crippen LogP contribution in [0.5, 0.6) is 5.75 Å². The summed E-state index contributed by atoms with van der Waals surface area (Å²) in [5.74, 6) is 0.714. The lowest BCUT2D eigenvalue weighted by Crippen LogP contribution is -2.37. The zero-order valence-corrected chi connectivity index (χ0v) is 16.0. The lowest BCUT2D eigenvalue weighted by atomic mass is 9.94. The van der Waals surface area contributed by atoms with Crippen molar-refractivity contribution in [3.05, 3.63) is 24.3 Å². The quantitative estimate of drug-likeness (QED) is 0.733. The minimum atomic E-state index is -3.17. The van der Waals surface area contributed by atoms with Gasteiger partial charge in [-0.2, -0.15) is 5.26 Å². The Morgan fingerprint density at radius 3 is 2.04 bits per heavy atom. The highest BCUT2D eigenvalue weighted by atomic mass is 32.2. The molecule has 1 aliphatic heterocycles. The highest BCUT2D eigenvalue weighted by Crippen LogP contribution is 2.28. The molecule has 1 aliphatic carbocycles. The Bertz CT molecular complexity index is 726. The maximum Gasteiger partial charge on any atom is 0.179 e. The Morgan fingerprint density at radius 2 is 1.50 bits per heavy atom. The van der Waals surface area contributed by atoms with Crippen molar-refractivity contribution in [2.45, 2.75) is 61.7 Å². The van der Waals surface area contributed by atoms with Gasteiger partial charge < -0.3 is 14.4 Å². The van der Waals surface area contributed by atoms with Crippen LogP contribution in [0.4, 0.5) is 0 Å². The van der Waals surface area contributed by atoms with E-state index < -0.39 is 9.84 Å². The second-order valence-electron chi connectivity index (χ2n) is 7.18. The van der Waals surface area contributed by atoms with Crippen LogP contribution in [0.2, 0.25) is 0 Å². The zero-order valence-electron chi connectivity index (χ0n) is 15.1. The molecular formula is C19H26N2O4S. The number of hydrogen-bond acceptors (Lipinski definition) is 6. The predicted octanol–water partition coefficient (Wildman–Crippen LogP) is 2.74. The van der Waals surface area contributed by atoms with Crippen LogP contribution in [0.3, 0.4) is 0 Å². The van der Waals surface area contributed by atoms with Gasteiger partial charge in [0, 0.05) is 19.3 Å². The summed E-state index contributed by atoms with van der Waals surface area (Å²) in [7, 11) is -3.17. The monoisotopic (exact) mass is 378 g/mol. The average molecular weight is 378 g/mol. The second-order valence-corrected chi connectivity index (χ2v) is 9.20. The van der Waals surface area contributed by atoms with Crippen LogP contribution >= 0.6 is 0 Å². The summed E-state index contributed by atoms with van der Waals surface area (Å²) < 4.78 is 35.2. The second kappa shape index (κ2) is 8.28. The molecule has 142 valence electrons. The maximum atomic E-state index is 11.5. The number of piperidine rings is 1. The van der Waals surface area contributed by atoms with Crippen molar-refractivity contribution in [2.75, 3.05) is 19.3 Å². The predicted molar refractivity (Wildman–Crippen MR) is 97.5 cm³/mol. The van der Waals surface area contributed by atoms with Gasteiger partial charge in [-0.1, -0.05) is 0 Å². The fourth-order valence-electron chi connectivity index (χ4n) is 3.61. The third-order valence-electron chi connectivity index (χ3n) is 5.14. The maximum absolute atomic E-state index is 11.5. The number of nitrogens with zero attached hydrogens (tertiary/aromatic N) is 2. The van der Waals surface area contributed by atoms with Crippen LogP contribution in [0, 0.1) is 11.5 Å². The van der Waals surface area contributed by atoms with Crippen LogP contribution < -0.4 is 4.74 Å². The van der Waals surface area contributed by atoms with Crippen LogP contribution in [0.1, 0.15) is 38.5 Å². The Labute approximate surface area is 155 Å². The topological polar surface area (TPSA) is 79.6 Å². The van der Waals surface area contributed by atoms with Gasteiger partial charge >= 0.3 is 0 Å². The normalized spacial score (nSPS) is 24.8. The molecule has 0 bridgehead atoms. The summed E-state index contributed by atoms with van der Waals surface area (Å²) in [5.41, 5.74) is 0. The number of sulfone groups is 1. The van der Waals surface area contributed by atoms with Crippen molar-refractivity contribution in [3.8, 4) is 11.9 Å². The molecule has 0 unspecified atom stereocenters. The molecule has 1 heterocycles. The molecule has 2 aliphatic rings. The molecule has 26 heavy (non-hydrogen) atoms. The van der Waals surface area contributed by atoms with Gasteiger partial charge in [0.1, 0.15) is 5.75 Å². The highest BCUT2D eigenvalue weighted by Gasteiger charge is 2.27. The molecule has 0 N–H and O–H groups in total. The van der Waals surface area contributed by atoms with Crippen LogP contribution in [0.25, 0.3) is 0 Å². The molecule has 0 amide bonds. The van der Waals surface area contributed by atoms with E-state index in [9.17, 15) is 8.42 Å². The first kappa shape index (κ1) is 19.0. The Kier molecular flexibility index (Phi) is 6.05. The molecule has 1 aromatic carbocycles. The van der Waals surface area contributed by atoms with Gasteiger partial charge in [-0.05, 0) is 62.8 Å². The minimum Gasteiger partial charge on any atom is -0.490 e. The standard InChI is InChI=1S/C19H26N2O4S/c1-26(22,23)19-8-6-17(7-9-19)24-15-2-4-16(5-3-15)25-18-10-12-21(14-20)13-11-18/h6-9,15-16,18H,2-5,10-13H2,1H3/t15-,16-. The molecule has 0 aromatic heterocycles. The van der Waals surface area contributed by atoms with Gasteiger partial charge in [-0.25, -0.2) is 8.42 Å². The Morgan fingerprint density at radius 1 is 0.962 bits per heavy atom. The van der Waals surface area contributed by atoms with Crippen LogP contribution in [-0.2, 0) is 14.6 Å². The van der Waals surface area contributed by atoms with Crippen molar-refractivity contribution in [1.82, 2.24) is 4.90 Å². The molecule has 0 radical (unpaired) electrons. The number of ether oxygens (including phenoxy) is 2. The zero-order chi connectivity index (χ0) is 18.6. The molecule has 1 saturated heterocycles. The first-order chi connectivity index (χ1) is 12.4. The molecule has 3 rings (SSSR count). The van der Waals surface area contributed by atoms with Gasteiger partial charge in [0.25, 0.3) is 0 Å². The van der Waals surface area contributed by atoms with E-state index in [1.165, 1.54) is 6.26 Å². The number of likely N-dealkylation sites (tertiary alicyclic amines) is 1. The lowest BCUT2D eigenvalue weighted by molar-refractivity contribution is -0.0621. The molecule has 6 nitrogen and oxygen atoms in total. The van der Waals surface area contributed by atoms with Gasteiger partial charge in [0.2, 0.25) is 0 Å².